The molecule has 1 saturated heterocycles. The predicted octanol–water partition coefficient (Wildman–Crippen LogP) is 4.80. The highest BCUT2D eigenvalue weighted by Crippen LogP contribution is 2.35. The van der Waals surface area contributed by atoms with Crippen molar-refractivity contribution in [3.63, 3.8) is 0 Å². The minimum atomic E-state index is 0. The second-order valence-electron chi connectivity index (χ2n) is 7.15. The summed E-state index contributed by atoms with van der Waals surface area (Å²) in [4.78, 5) is 5.11. The van der Waals surface area contributed by atoms with Gasteiger partial charge in [0.25, 0.3) is 0 Å². The topological polar surface area (TPSA) is 35.9 Å². The molecular formula is C22H31BrCl2N2O2. The van der Waals surface area contributed by atoms with Crippen molar-refractivity contribution >= 4 is 40.7 Å². The maximum Gasteiger partial charge on any atom is 0.172 e. The van der Waals surface area contributed by atoms with Crippen LogP contribution in [0.1, 0.15) is 17.5 Å². The molecule has 7 heteroatoms. The lowest BCUT2D eigenvalue weighted by atomic mass is 10.1. The number of hydrogen-bond donors (Lipinski definition) is 1. The Kier molecular flexibility index (Phi) is 12.0. The molecule has 0 saturated carbocycles. The number of phenolic OH excluding ortho intramolecular Hbond substituents is 1. The summed E-state index contributed by atoms with van der Waals surface area (Å²) in [5, 5.41) is 9.92. The van der Waals surface area contributed by atoms with Gasteiger partial charge in [-0.15, -0.1) is 24.8 Å². The Morgan fingerprint density at radius 2 is 1.52 bits per heavy atom. The van der Waals surface area contributed by atoms with Crippen molar-refractivity contribution in [2.24, 2.45) is 0 Å². The normalized spacial score (nSPS) is 14.7. The van der Waals surface area contributed by atoms with Crippen LogP contribution in [0.2, 0.25) is 0 Å². The summed E-state index contributed by atoms with van der Waals surface area (Å²) in [6.07, 6.45) is 3.35. The van der Waals surface area contributed by atoms with E-state index in [4.69, 9.17) is 4.74 Å². The number of hydrogen-bond acceptors (Lipinski definition) is 4. The van der Waals surface area contributed by atoms with Gasteiger partial charge in [0.2, 0.25) is 0 Å². The molecule has 0 spiro atoms. The average molecular weight is 506 g/mol. The molecule has 1 fully saturated rings. The third-order valence-corrected chi connectivity index (χ3v) is 5.88. The molecule has 0 radical (unpaired) electrons. The van der Waals surface area contributed by atoms with E-state index in [2.05, 4.69) is 56.1 Å². The first-order chi connectivity index (χ1) is 13.2. The molecular weight excluding hydrogens is 475 g/mol. The lowest BCUT2D eigenvalue weighted by molar-refractivity contribution is 0.132. The van der Waals surface area contributed by atoms with Crippen molar-refractivity contribution in [3.05, 3.63) is 58.1 Å². The van der Waals surface area contributed by atoms with Crippen molar-refractivity contribution in [1.82, 2.24) is 9.80 Å². The third kappa shape index (κ3) is 7.99. The monoisotopic (exact) mass is 504 g/mol. The van der Waals surface area contributed by atoms with Crippen LogP contribution in [0.15, 0.2) is 46.9 Å². The maximum absolute atomic E-state index is 9.92. The highest BCUT2D eigenvalue weighted by Gasteiger charge is 2.17. The van der Waals surface area contributed by atoms with Crippen LogP contribution in [0.25, 0.3) is 0 Å². The van der Waals surface area contributed by atoms with Gasteiger partial charge in [0.05, 0.1) is 11.6 Å². The second kappa shape index (κ2) is 13.3. The van der Waals surface area contributed by atoms with Gasteiger partial charge in [0, 0.05) is 32.7 Å². The lowest BCUT2D eigenvalue weighted by Gasteiger charge is -2.34. The standard InChI is InChI=1S/C22H29BrN2O2.2ClH/c1-27-21-17-19(16-20(23)22(21)26)9-11-25-14-12-24(13-15-25)10-5-8-18-6-3-2-4-7-18;;/h2-4,6-7,16-17,26H,5,8-15H2,1H3;2*1H. The van der Waals surface area contributed by atoms with Crippen LogP contribution < -0.4 is 4.74 Å². The first-order valence-corrected chi connectivity index (χ1v) is 10.5. The molecule has 1 N–H and O–H groups in total. The van der Waals surface area contributed by atoms with Crippen molar-refractivity contribution in [2.45, 2.75) is 19.3 Å². The summed E-state index contributed by atoms with van der Waals surface area (Å²) in [5.41, 5.74) is 2.62. The number of aromatic hydroxyl groups is 1. The number of nitrogens with zero attached hydrogens (tertiary/aromatic N) is 2. The Hall–Kier alpha value is -0.980. The Morgan fingerprint density at radius 3 is 2.14 bits per heavy atom. The summed E-state index contributed by atoms with van der Waals surface area (Å²) < 4.78 is 5.94. The predicted molar refractivity (Wildman–Crippen MR) is 128 cm³/mol. The molecule has 1 aliphatic heterocycles. The number of aryl methyl sites for hydroxylation is 1. The Labute approximate surface area is 195 Å². The van der Waals surface area contributed by atoms with Crippen molar-refractivity contribution in [2.75, 3.05) is 46.4 Å². The molecule has 2 aromatic carbocycles. The van der Waals surface area contributed by atoms with Crippen LogP contribution in [0.3, 0.4) is 0 Å². The van der Waals surface area contributed by atoms with E-state index >= 15 is 0 Å². The van der Waals surface area contributed by atoms with Crippen molar-refractivity contribution in [1.29, 1.82) is 0 Å². The summed E-state index contributed by atoms with van der Waals surface area (Å²) in [7, 11) is 1.59. The van der Waals surface area contributed by atoms with Crippen LogP contribution in [0.4, 0.5) is 0 Å². The first kappa shape index (κ1) is 26.1. The smallest absolute Gasteiger partial charge is 0.172 e. The van der Waals surface area contributed by atoms with Gasteiger partial charge in [-0.1, -0.05) is 30.3 Å². The Morgan fingerprint density at radius 1 is 0.897 bits per heavy atom. The molecule has 4 nitrogen and oxygen atoms in total. The molecule has 162 valence electrons. The Balaban J connectivity index is 0.00000210. The molecule has 0 bridgehead atoms. The fraction of sp³-hybridized carbons (Fsp3) is 0.455. The van der Waals surface area contributed by atoms with E-state index in [9.17, 15) is 5.11 Å². The highest BCUT2D eigenvalue weighted by atomic mass is 79.9. The van der Waals surface area contributed by atoms with E-state index in [1.54, 1.807) is 7.11 Å². The van der Waals surface area contributed by atoms with Crippen molar-refractivity contribution < 1.29 is 9.84 Å². The molecule has 0 aliphatic carbocycles. The molecule has 0 amide bonds. The minimum absolute atomic E-state index is 0. The molecule has 0 unspecified atom stereocenters. The van der Waals surface area contributed by atoms with Gasteiger partial charge in [-0.2, -0.15) is 0 Å². The lowest BCUT2D eigenvalue weighted by Crippen LogP contribution is -2.47. The molecule has 3 rings (SSSR count). The van der Waals surface area contributed by atoms with Gasteiger partial charge in [-0.3, -0.25) is 0 Å². The molecule has 29 heavy (non-hydrogen) atoms. The van der Waals surface area contributed by atoms with E-state index in [0.717, 1.165) is 39.1 Å². The number of phenols is 1. The van der Waals surface area contributed by atoms with Gasteiger partial charge < -0.3 is 19.6 Å². The van der Waals surface area contributed by atoms with E-state index in [0.29, 0.717) is 10.2 Å². The number of rotatable bonds is 8. The molecule has 1 heterocycles. The number of ether oxygens (including phenoxy) is 1. The zero-order valence-corrected chi connectivity index (χ0v) is 20.1. The molecule has 0 atom stereocenters. The number of halogens is 3. The quantitative estimate of drug-likeness (QED) is 0.559. The largest absolute Gasteiger partial charge is 0.503 e. The average Bonchev–Trinajstić information content (AvgIpc) is 2.70. The van der Waals surface area contributed by atoms with E-state index in [1.165, 1.54) is 30.5 Å². The van der Waals surface area contributed by atoms with Crippen LogP contribution >= 0.6 is 40.7 Å². The SMILES string of the molecule is COc1cc(CCN2CCN(CCCc3ccccc3)CC2)cc(Br)c1O.Cl.Cl. The van der Waals surface area contributed by atoms with Gasteiger partial charge in [0.15, 0.2) is 11.5 Å². The number of methoxy groups -OCH3 is 1. The van der Waals surface area contributed by atoms with Crippen LogP contribution in [0.5, 0.6) is 11.5 Å². The Bertz CT molecular complexity index is 726. The number of piperazine rings is 1. The van der Waals surface area contributed by atoms with Crippen LogP contribution in [-0.4, -0.2) is 61.3 Å². The fourth-order valence-corrected chi connectivity index (χ4v) is 4.09. The summed E-state index contributed by atoms with van der Waals surface area (Å²) >= 11 is 3.40. The van der Waals surface area contributed by atoms with E-state index in [1.807, 2.05) is 12.1 Å². The van der Waals surface area contributed by atoms with E-state index in [-0.39, 0.29) is 30.6 Å². The van der Waals surface area contributed by atoms with Gasteiger partial charge >= 0.3 is 0 Å². The van der Waals surface area contributed by atoms with Crippen molar-refractivity contribution in [3.8, 4) is 11.5 Å². The zero-order chi connectivity index (χ0) is 19.1. The second-order valence-corrected chi connectivity index (χ2v) is 8.01. The van der Waals surface area contributed by atoms with Crippen LogP contribution in [-0.2, 0) is 12.8 Å². The zero-order valence-electron chi connectivity index (χ0n) is 16.8. The van der Waals surface area contributed by atoms with Gasteiger partial charge in [-0.25, -0.2) is 0 Å². The fourth-order valence-electron chi connectivity index (χ4n) is 3.60. The first-order valence-electron chi connectivity index (χ1n) is 9.69. The minimum Gasteiger partial charge on any atom is -0.503 e. The third-order valence-electron chi connectivity index (χ3n) is 5.27. The summed E-state index contributed by atoms with van der Waals surface area (Å²) in [6, 6.07) is 14.7. The molecule has 1 aliphatic rings. The summed E-state index contributed by atoms with van der Waals surface area (Å²) in [6.45, 7) is 6.78. The molecule has 0 aromatic heterocycles. The highest BCUT2D eigenvalue weighted by molar-refractivity contribution is 9.10. The number of benzene rings is 2. The van der Waals surface area contributed by atoms with Crippen LogP contribution in [0, 0.1) is 0 Å². The molecule has 2 aromatic rings. The summed E-state index contributed by atoms with van der Waals surface area (Å²) in [5.74, 6) is 0.702. The van der Waals surface area contributed by atoms with E-state index < -0.39 is 0 Å². The van der Waals surface area contributed by atoms with Gasteiger partial charge in [-0.05, 0) is 65.0 Å². The van der Waals surface area contributed by atoms with Gasteiger partial charge in [0.1, 0.15) is 0 Å². The maximum atomic E-state index is 9.92.